The minimum atomic E-state index is -0.407. The van der Waals surface area contributed by atoms with E-state index in [1.54, 1.807) is 44.3 Å². The number of hydrogen-bond acceptors (Lipinski definition) is 7. The smallest absolute Gasteiger partial charge is 0.270 e. The summed E-state index contributed by atoms with van der Waals surface area (Å²) in [7, 11) is 1.63. The number of amides is 1. The molecule has 1 aromatic heterocycles. The molecule has 2 aliphatic heterocycles. The molecular weight excluding hydrogens is 569 g/mol. The van der Waals surface area contributed by atoms with E-state index in [1.165, 1.54) is 27.3 Å². The van der Waals surface area contributed by atoms with Crippen molar-refractivity contribution in [3.8, 4) is 6.07 Å². The molecule has 0 unspecified atom stereocenters. The summed E-state index contributed by atoms with van der Waals surface area (Å²) in [5.41, 5.74) is 2.03. The SMILES string of the molecule is Cc1c(/C=C2/SC(=S)N(Cc3ccccc3Cl)C2=O)c(N2CCN(c3ccccc3F)CC2)n(C)c(=O)c1C#N. The van der Waals surface area contributed by atoms with Crippen molar-refractivity contribution in [2.24, 2.45) is 7.05 Å². The Kier molecular flexibility index (Phi) is 7.99. The number of thiocarbonyl (C=S) groups is 1. The molecule has 0 radical (unpaired) electrons. The third kappa shape index (κ3) is 5.12. The third-order valence-corrected chi connectivity index (χ3v) is 8.92. The molecule has 11 heteroatoms. The zero-order valence-corrected chi connectivity index (χ0v) is 24.2. The summed E-state index contributed by atoms with van der Waals surface area (Å²) in [6.45, 7) is 4.06. The molecular formula is C29H25ClFN5O2S2. The van der Waals surface area contributed by atoms with Gasteiger partial charge in [-0.1, -0.05) is 65.9 Å². The van der Waals surface area contributed by atoms with E-state index in [-0.39, 0.29) is 23.8 Å². The molecule has 0 N–H and O–H groups in total. The number of nitriles is 1. The molecule has 0 saturated carbocycles. The Morgan fingerprint density at radius 2 is 1.73 bits per heavy atom. The van der Waals surface area contributed by atoms with Gasteiger partial charge in [0, 0.05) is 43.8 Å². The number of aromatic nitrogens is 1. The van der Waals surface area contributed by atoms with Crippen molar-refractivity contribution in [2.45, 2.75) is 13.5 Å². The lowest BCUT2D eigenvalue weighted by atomic mass is 10.0. The van der Waals surface area contributed by atoms with Crippen LogP contribution in [0, 0.1) is 24.1 Å². The van der Waals surface area contributed by atoms with Crippen LogP contribution in [-0.2, 0) is 18.4 Å². The summed E-state index contributed by atoms with van der Waals surface area (Å²) in [5, 5.41) is 10.3. The van der Waals surface area contributed by atoms with Crippen molar-refractivity contribution in [3.63, 3.8) is 0 Å². The second-order valence-corrected chi connectivity index (χ2v) is 11.6. The molecule has 204 valence electrons. The molecule has 1 amide bonds. The number of pyridine rings is 1. The normalized spacial score (nSPS) is 16.7. The number of carbonyl (C=O) groups excluding carboxylic acids is 1. The topological polar surface area (TPSA) is 72.6 Å². The molecule has 2 aromatic carbocycles. The number of anilines is 2. The van der Waals surface area contributed by atoms with Crippen LogP contribution in [0.4, 0.5) is 15.9 Å². The largest absolute Gasteiger partial charge is 0.366 e. The summed E-state index contributed by atoms with van der Waals surface area (Å²) >= 11 is 13.0. The molecule has 40 heavy (non-hydrogen) atoms. The zero-order chi connectivity index (χ0) is 28.6. The van der Waals surface area contributed by atoms with Gasteiger partial charge in [0.1, 0.15) is 27.6 Å². The van der Waals surface area contributed by atoms with Crippen LogP contribution in [0.5, 0.6) is 0 Å². The van der Waals surface area contributed by atoms with E-state index < -0.39 is 5.56 Å². The molecule has 0 bridgehead atoms. The monoisotopic (exact) mass is 593 g/mol. The van der Waals surface area contributed by atoms with Gasteiger partial charge in [-0.05, 0) is 42.3 Å². The van der Waals surface area contributed by atoms with Gasteiger partial charge in [-0.15, -0.1) is 0 Å². The standard InChI is InChI=1S/C29H25ClFN5O2S2/c1-18-20(15-25-28(38)36(29(39)40-25)17-19-7-3-4-8-22(19)30)26(33(2)27(37)21(18)16-32)35-13-11-34(12-14-35)24-10-6-5-9-23(24)31/h3-10,15H,11-14,17H2,1-2H3/b25-15+. The van der Waals surface area contributed by atoms with Gasteiger partial charge in [0.25, 0.3) is 11.5 Å². The molecule has 2 saturated heterocycles. The molecule has 2 fully saturated rings. The molecule has 7 nitrogen and oxygen atoms in total. The van der Waals surface area contributed by atoms with Gasteiger partial charge in [0.05, 0.1) is 17.1 Å². The Balaban J connectivity index is 1.50. The quantitative estimate of drug-likeness (QED) is 0.302. The first-order valence-corrected chi connectivity index (χ1v) is 14.2. The fourth-order valence-corrected chi connectivity index (χ4v) is 6.46. The second kappa shape index (κ2) is 11.5. The Labute approximate surface area is 246 Å². The maximum absolute atomic E-state index is 14.4. The average Bonchev–Trinajstić information content (AvgIpc) is 3.21. The molecule has 0 spiro atoms. The Morgan fingerprint density at radius 1 is 1.07 bits per heavy atom. The molecule has 0 atom stereocenters. The van der Waals surface area contributed by atoms with Crippen molar-refractivity contribution in [3.05, 3.63) is 96.9 Å². The van der Waals surface area contributed by atoms with Gasteiger partial charge in [-0.3, -0.25) is 19.1 Å². The van der Waals surface area contributed by atoms with E-state index in [9.17, 15) is 19.2 Å². The van der Waals surface area contributed by atoms with Crippen LogP contribution >= 0.6 is 35.6 Å². The van der Waals surface area contributed by atoms with Crippen LogP contribution in [0.2, 0.25) is 5.02 Å². The molecule has 3 aromatic rings. The predicted octanol–water partition coefficient (Wildman–Crippen LogP) is 5.09. The number of hydrogen-bond donors (Lipinski definition) is 0. The fourth-order valence-electron chi connectivity index (χ4n) is 5.03. The van der Waals surface area contributed by atoms with E-state index in [0.29, 0.717) is 63.1 Å². The highest BCUT2D eigenvalue weighted by atomic mass is 35.5. The van der Waals surface area contributed by atoms with E-state index in [2.05, 4.69) is 0 Å². The number of halogens is 2. The number of thioether (sulfide) groups is 1. The Hall–Kier alpha value is -3.65. The van der Waals surface area contributed by atoms with E-state index in [1.807, 2.05) is 34.1 Å². The second-order valence-electron chi connectivity index (χ2n) is 9.50. The molecule has 2 aliphatic rings. The van der Waals surface area contributed by atoms with Gasteiger partial charge < -0.3 is 9.80 Å². The van der Waals surface area contributed by atoms with E-state index in [4.69, 9.17) is 23.8 Å². The highest BCUT2D eigenvalue weighted by Crippen LogP contribution is 2.37. The highest BCUT2D eigenvalue weighted by molar-refractivity contribution is 8.26. The molecule has 3 heterocycles. The number of nitrogens with zero attached hydrogens (tertiary/aromatic N) is 5. The summed E-state index contributed by atoms with van der Waals surface area (Å²) < 4.78 is 16.3. The van der Waals surface area contributed by atoms with Gasteiger partial charge in [-0.2, -0.15) is 5.26 Å². The van der Waals surface area contributed by atoms with Crippen molar-refractivity contribution in [1.82, 2.24) is 9.47 Å². The Bertz CT molecular complexity index is 1660. The maximum atomic E-state index is 14.4. The maximum Gasteiger partial charge on any atom is 0.270 e. The van der Waals surface area contributed by atoms with Crippen molar-refractivity contribution in [2.75, 3.05) is 36.0 Å². The van der Waals surface area contributed by atoms with Crippen LogP contribution in [0.1, 0.15) is 22.3 Å². The first-order chi connectivity index (χ1) is 19.2. The van der Waals surface area contributed by atoms with Crippen molar-refractivity contribution < 1.29 is 9.18 Å². The molecule has 0 aliphatic carbocycles. The lowest BCUT2D eigenvalue weighted by Crippen LogP contribution is -2.48. The minimum Gasteiger partial charge on any atom is -0.366 e. The first-order valence-electron chi connectivity index (χ1n) is 12.6. The van der Waals surface area contributed by atoms with Crippen LogP contribution in [0.3, 0.4) is 0 Å². The molecule has 5 rings (SSSR count). The van der Waals surface area contributed by atoms with Crippen molar-refractivity contribution in [1.29, 1.82) is 5.26 Å². The predicted molar refractivity (Wildman–Crippen MR) is 162 cm³/mol. The first kappa shape index (κ1) is 27.9. The third-order valence-electron chi connectivity index (χ3n) is 7.18. The van der Waals surface area contributed by atoms with E-state index >= 15 is 0 Å². The highest BCUT2D eigenvalue weighted by Gasteiger charge is 2.34. The van der Waals surface area contributed by atoms with Crippen LogP contribution in [0.25, 0.3) is 6.08 Å². The van der Waals surface area contributed by atoms with Gasteiger partial charge in [0.15, 0.2) is 0 Å². The number of benzene rings is 2. The number of piperazine rings is 1. The van der Waals surface area contributed by atoms with Crippen LogP contribution < -0.4 is 15.4 Å². The van der Waals surface area contributed by atoms with E-state index in [0.717, 1.165) is 5.56 Å². The van der Waals surface area contributed by atoms with Crippen LogP contribution in [0.15, 0.2) is 58.2 Å². The number of para-hydroxylation sites is 1. The Morgan fingerprint density at radius 3 is 2.40 bits per heavy atom. The lowest BCUT2D eigenvalue weighted by Gasteiger charge is -2.38. The van der Waals surface area contributed by atoms with Gasteiger partial charge in [-0.25, -0.2) is 4.39 Å². The number of carbonyl (C=O) groups is 1. The number of rotatable bonds is 5. The van der Waals surface area contributed by atoms with Crippen molar-refractivity contribution >= 4 is 63.4 Å². The minimum absolute atomic E-state index is 0.0223. The lowest BCUT2D eigenvalue weighted by molar-refractivity contribution is -0.122. The van der Waals surface area contributed by atoms with Crippen LogP contribution in [-0.4, -0.2) is 45.9 Å². The average molecular weight is 594 g/mol. The fraction of sp³-hybridized carbons (Fsp3) is 0.241. The zero-order valence-electron chi connectivity index (χ0n) is 21.9. The van der Waals surface area contributed by atoms with Gasteiger partial charge in [0.2, 0.25) is 0 Å². The summed E-state index contributed by atoms with van der Waals surface area (Å²) in [6.07, 6.45) is 1.72. The summed E-state index contributed by atoms with van der Waals surface area (Å²) in [6, 6.07) is 16.0. The van der Waals surface area contributed by atoms with Gasteiger partial charge >= 0.3 is 0 Å². The summed E-state index contributed by atoms with van der Waals surface area (Å²) in [5.74, 6) is 0.0557. The summed E-state index contributed by atoms with van der Waals surface area (Å²) in [4.78, 5) is 32.5.